The number of benzene rings is 1. The fourth-order valence-electron chi connectivity index (χ4n) is 4.50. The number of alkyl halides is 3. The summed E-state index contributed by atoms with van der Waals surface area (Å²) >= 11 is 0. The number of likely N-dealkylation sites (tertiary alicyclic amines) is 1. The van der Waals surface area contributed by atoms with E-state index in [2.05, 4.69) is 0 Å². The van der Waals surface area contributed by atoms with Crippen molar-refractivity contribution < 1.29 is 37.0 Å². The molecule has 2 atom stereocenters. The first-order valence-corrected chi connectivity index (χ1v) is 11.3. The molecule has 0 aromatic heterocycles. The number of amides is 2. The number of hydrogen-bond acceptors (Lipinski definition) is 5. The molecule has 1 aromatic rings. The Bertz CT molecular complexity index is 905. The molecule has 2 fully saturated rings. The number of piperidine rings is 1. The molecule has 1 heterocycles. The van der Waals surface area contributed by atoms with Crippen LogP contribution >= 0.6 is 0 Å². The maximum atomic E-state index is 13.5. The summed E-state index contributed by atoms with van der Waals surface area (Å²) in [5.41, 5.74) is -1.21. The van der Waals surface area contributed by atoms with Crippen molar-refractivity contribution in [1.82, 2.24) is 9.80 Å². The number of hydrogen-bond donors (Lipinski definition) is 0. The number of nitrogens with zero attached hydrogens (tertiary/aromatic N) is 2. The zero-order valence-corrected chi connectivity index (χ0v) is 19.9. The van der Waals surface area contributed by atoms with Crippen molar-refractivity contribution in [2.24, 2.45) is 5.41 Å². The Morgan fingerprint density at radius 1 is 1.09 bits per heavy atom. The molecule has 3 rings (SSSR count). The van der Waals surface area contributed by atoms with Crippen LogP contribution in [-0.4, -0.2) is 72.3 Å². The largest absolute Gasteiger partial charge is 0.471 e. The second-order valence-electron chi connectivity index (χ2n) is 9.99. The van der Waals surface area contributed by atoms with E-state index in [1.807, 2.05) is 18.2 Å². The van der Waals surface area contributed by atoms with E-state index < -0.39 is 47.7 Å². The average molecular weight is 485 g/mol. The van der Waals surface area contributed by atoms with Crippen LogP contribution in [0.15, 0.2) is 30.3 Å². The van der Waals surface area contributed by atoms with E-state index in [0.717, 1.165) is 10.5 Å². The Labute approximate surface area is 197 Å². The van der Waals surface area contributed by atoms with Crippen LogP contribution in [0.25, 0.3) is 0 Å². The molecule has 1 saturated heterocycles. The molecule has 10 heteroatoms. The molecule has 0 spiro atoms. The van der Waals surface area contributed by atoms with Gasteiger partial charge in [0.1, 0.15) is 5.60 Å². The summed E-state index contributed by atoms with van der Waals surface area (Å²) < 4.78 is 50.9. The maximum absolute atomic E-state index is 13.5. The smallest absolute Gasteiger partial charge is 0.469 e. The van der Waals surface area contributed by atoms with E-state index >= 15 is 0 Å². The van der Waals surface area contributed by atoms with Gasteiger partial charge in [-0.25, -0.2) is 4.79 Å². The van der Waals surface area contributed by atoms with Crippen LogP contribution in [-0.2, 0) is 19.1 Å². The van der Waals surface area contributed by atoms with Crippen molar-refractivity contribution in [2.75, 3.05) is 26.7 Å². The summed E-state index contributed by atoms with van der Waals surface area (Å²) in [6.45, 7) is 4.97. The SMILES string of the molecule is COC(=O)C1(CN(C(=O)C(F)(F)F)C2C[C@@H]2c2ccccc2)CCN(C(=O)OC(C)(C)C)CC1. The van der Waals surface area contributed by atoms with E-state index in [-0.39, 0.29) is 31.8 Å². The summed E-state index contributed by atoms with van der Waals surface area (Å²) in [6.07, 6.45) is -5.13. The number of carbonyl (C=O) groups excluding carboxylic acids is 3. The second-order valence-corrected chi connectivity index (χ2v) is 9.99. The molecule has 0 N–H and O–H groups in total. The van der Waals surface area contributed by atoms with Crippen molar-refractivity contribution in [3.63, 3.8) is 0 Å². The van der Waals surface area contributed by atoms with Gasteiger partial charge in [-0.15, -0.1) is 0 Å². The molecule has 34 heavy (non-hydrogen) atoms. The van der Waals surface area contributed by atoms with E-state index in [1.54, 1.807) is 32.9 Å². The monoisotopic (exact) mass is 484 g/mol. The first-order chi connectivity index (χ1) is 15.8. The zero-order chi connectivity index (χ0) is 25.3. The lowest BCUT2D eigenvalue weighted by atomic mass is 9.77. The summed E-state index contributed by atoms with van der Waals surface area (Å²) in [4.78, 5) is 39.9. The number of halogens is 3. The summed E-state index contributed by atoms with van der Waals surface area (Å²) in [7, 11) is 1.17. The number of ether oxygens (including phenoxy) is 2. The average Bonchev–Trinajstić information content (AvgIpc) is 3.56. The Morgan fingerprint density at radius 3 is 2.18 bits per heavy atom. The van der Waals surface area contributed by atoms with Gasteiger partial charge in [-0.05, 0) is 45.6 Å². The molecule has 1 aliphatic heterocycles. The molecule has 1 aliphatic carbocycles. The molecule has 2 aliphatic rings. The Hall–Kier alpha value is -2.78. The minimum Gasteiger partial charge on any atom is -0.469 e. The molecular weight excluding hydrogens is 453 g/mol. The molecule has 2 amide bonds. The fourth-order valence-corrected chi connectivity index (χ4v) is 4.50. The van der Waals surface area contributed by atoms with Gasteiger partial charge in [0.25, 0.3) is 0 Å². The number of rotatable bonds is 5. The van der Waals surface area contributed by atoms with Crippen LogP contribution in [0.3, 0.4) is 0 Å². The minimum absolute atomic E-state index is 0.0588. The molecule has 1 saturated carbocycles. The van der Waals surface area contributed by atoms with Crippen LogP contribution in [0, 0.1) is 5.41 Å². The van der Waals surface area contributed by atoms with E-state index in [9.17, 15) is 27.6 Å². The molecule has 0 radical (unpaired) electrons. The van der Waals surface area contributed by atoms with Crippen LogP contribution in [0.1, 0.15) is 51.5 Å². The van der Waals surface area contributed by atoms with Gasteiger partial charge in [0.2, 0.25) is 0 Å². The molecule has 188 valence electrons. The predicted octanol–water partition coefficient (Wildman–Crippen LogP) is 4.12. The maximum Gasteiger partial charge on any atom is 0.471 e. The van der Waals surface area contributed by atoms with Crippen molar-refractivity contribution in [3.8, 4) is 0 Å². The third-order valence-electron chi connectivity index (χ3n) is 6.35. The van der Waals surface area contributed by atoms with Crippen molar-refractivity contribution in [3.05, 3.63) is 35.9 Å². The topological polar surface area (TPSA) is 76.2 Å². The lowest BCUT2D eigenvalue weighted by molar-refractivity contribution is -0.189. The van der Waals surface area contributed by atoms with Crippen molar-refractivity contribution in [2.45, 2.75) is 63.8 Å². The second kappa shape index (κ2) is 9.46. The Morgan fingerprint density at radius 2 is 1.68 bits per heavy atom. The van der Waals surface area contributed by atoms with Gasteiger partial charge < -0.3 is 19.3 Å². The highest BCUT2D eigenvalue weighted by Crippen LogP contribution is 2.48. The lowest BCUT2D eigenvalue weighted by Gasteiger charge is -2.42. The van der Waals surface area contributed by atoms with Crippen LogP contribution in [0.2, 0.25) is 0 Å². The number of carbonyl (C=O) groups is 3. The highest BCUT2D eigenvalue weighted by atomic mass is 19.4. The van der Waals surface area contributed by atoms with Crippen LogP contribution < -0.4 is 0 Å². The highest BCUT2D eigenvalue weighted by molar-refractivity contribution is 5.84. The van der Waals surface area contributed by atoms with Crippen molar-refractivity contribution >= 4 is 18.0 Å². The third kappa shape index (κ3) is 5.82. The third-order valence-corrected chi connectivity index (χ3v) is 6.35. The molecule has 0 bridgehead atoms. The van der Waals surface area contributed by atoms with Crippen LogP contribution in [0.5, 0.6) is 0 Å². The van der Waals surface area contributed by atoms with Gasteiger partial charge in [-0.1, -0.05) is 30.3 Å². The minimum atomic E-state index is -5.07. The highest BCUT2D eigenvalue weighted by Gasteiger charge is 2.56. The standard InChI is InChI=1S/C24H31F3N2O5/c1-22(2,3)34-21(32)28-12-10-23(11-13-28,20(31)33-4)15-29(19(30)24(25,26)27)18-14-17(18)16-8-6-5-7-9-16/h5-9,17-18H,10-15H2,1-4H3/t17-,18?/m1/s1. The zero-order valence-electron chi connectivity index (χ0n) is 19.9. The lowest BCUT2D eigenvalue weighted by Crippen LogP contribution is -2.55. The van der Waals surface area contributed by atoms with Crippen molar-refractivity contribution in [1.29, 1.82) is 0 Å². The van der Waals surface area contributed by atoms with Gasteiger partial charge in [-0.2, -0.15) is 13.2 Å². The molecule has 7 nitrogen and oxygen atoms in total. The quantitative estimate of drug-likeness (QED) is 0.588. The van der Waals surface area contributed by atoms with Gasteiger partial charge in [0.05, 0.1) is 12.5 Å². The fraction of sp³-hybridized carbons (Fsp3) is 0.625. The van der Waals surface area contributed by atoms with Gasteiger partial charge in [0.15, 0.2) is 0 Å². The molecular formula is C24H31F3N2O5. The van der Waals surface area contributed by atoms with E-state index in [0.29, 0.717) is 6.42 Å². The van der Waals surface area contributed by atoms with Gasteiger partial charge in [-0.3, -0.25) is 9.59 Å². The predicted molar refractivity (Wildman–Crippen MR) is 117 cm³/mol. The van der Waals surface area contributed by atoms with Gasteiger partial charge in [0, 0.05) is 31.6 Å². The summed E-state index contributed by atoms with van der Waals surface area (Å²) in [5, 5.41) is 0. The number of esters is 1. The first-order valence-electron chi connectivity index (χ1n) is 11.3. The summed E-state index contributed by atoms with van der Waals surface area (Å²) in [6, 6.07) is 8.37. The van der Waals surface area contributed by atoms with E-state index in [1.165, 1.54) is 12.0 Å². The number of methoxy groups -OCH3 is 1. The van der Waals surface area contributed by atoms with E-state index in [4.69, 9.17) is 9.47 Å². The normalized spacial score (nSPS) is 22.0. The summed E-state index contributed by atoms with van der Waals surface area (Å²) in [5.74, 6) is -2.88. The molecule has 1 unspecified atom stereocenters. The first kappa shape index (κ1) is 25.8. The Kier molecular flexibility index (Phi) is 7.19. The van der Waals surface area contributed by atoms with Gasteiger partial charge >= 0.3 is 24.1 Å². The van der Waals surface area contributed by atoms with Crippen LogP contribution in [0.4, 0.5) is 18.0 Å². The molecule has 1 aromatic carbocycles. The Balaban J connectivity index is 1.81.